The van der Waals surface area contributed by atoms with Crippen LogP contribution in [0.4, 0.5) is 0 Å². The smallest absolute Gasteiger partial charge is 0.233 e. The van der Waals surface area contributed by atoms with Crippen molar-refractivity contribution >= 4 is 8.03 Å². The lowest BCUT2D eigenvalue weighted by atomic mass is 10.2. The first kappa shape index (κ1) is 11.7. The maximum atomic E-state index is 12.0. The van der Waals surface area contributed by atoms with Crippen LogP contribution in [-0.2, 0) is 9.09 Å². The average Bonchev–Trinajstić information content (AvgIpc) is 3.13. The van der Waals surface area contributed by atoms with E-state index < -0.39 is 13.4 Å². The van der Waals surface area contributed by atoms with Gasteiger partial charge in [0.05, 0.1) is 0 Å². The third-order valence-electron chi connectivity index (χ3n) is 3.02. The van der Waals surface area contributed by atoms with Gasteiger partial charge in [-0.1, -0.05) is 18.2 Å². The zero-order valence-corrected chi connectivity index (χ0v) is 10.6. The van der Waals surface area contributed by atoms with Gasteiger partial charge >= 0.3 is 0 Å². The Morgan fingerprint density at radius 2 is 1.94 bits per heavy atom. The van der Waals surface area contributed by atoms with Crippen molar-refractivity contribution in [1.29, 1.82) is 0 Å². The zero-order chi connectivity index (χ0) is 11.6. The van der Waals surface area contributed by atoms with Crippen LogP contribution in [-0.4, -0.2) is 12.5 Å². The standard InChI is InChI=1S/C12H17O3P/c1-12(10-8-9-10,16(13)14-2)15-11-6-4-3-5-7-11/h3-7,10,16H,8-9H2,1-2H3. The van der Waals surface area contributed by atoms with Crippen molar-refractivity contribution in [2.75, 3.05) is 7.11 Å². The van der Waals surface area contributed by atoms with Gasteiger partial charge in [-0.15, -0.1) is 0 Å². The van der Waals surface area contributed by atoms with Crippen molar-refractivity contribution < 1.29 is 13.8 Å². The molecular formula is C12H17O3P. The van der Waals surface area contributed by atoms with E-state index in [1.807, 2.05) is 37.3 Å². The second kappa shape index (κ2) is 4.60. The molecule has 0 aromatic heterocycles. The van der Waals surface area contributed by atoms with Crippen molar-refractivity contribution in [3.8, 4) is 5.75 Å². The van der Waals surface area contributed by atoms with E-state index in [0.29, 0.717) is 5.92 Å². The summed E-state index contributed by atoms with van der Waals surface area (Å²) in [7, 11) is -0.690. The Morgan fingerprint density at radius 1 is 1.31 bits per heavy atom. The van der Waals surface area contributed by atoms with E-state index in [2.05, 4.69) is 0 Å². The van der Waals surface area contributed by atoms with Crippen LogP contribution in [0.1, 0.15) is 19.8 Å². The fourth-order valence-electron chi connectivity index (χ4n) is 1.86. The third kappa shape index (κ3) is 2.31. The molecule has 88 valence electrons. The molecule has 2 unspecified atom stereocenters. The van der Waals surface area contributed by atoms with Gasteiger partial charge < -0.3 is 9.26 Å². The van der Waals surface area contributed by atoms with Crippen molar-refractivity contribution in [1.82, 2.24) is 0 Å². The summed E-state index contributed by atoms with van der Waals surface area (Å²) in [5.74, 6) is 1.12. The number of rotatable bonds is 5. The highest BCUT2D eigenvalue weighted by Gasteiger charge is 2.48. The van der Waals surface area contributed by atoms with Gasteiger partial charge in [-0.3, -0.25) is 4.57 Å². The van der Waals surface area contributed by atoms with Crippen LogP contribution in [0.25, 0.3) is 0 Å². The molecular weight excluding hydrogens is 223 g/mol. The van der Waals surface area contributed by atoms with Gasteiger partial charge in [-0.2, -0.15) is 0 Å². The van der Waals surface area contributed by atoms with Crippen molar-refractivity contribution in [2.24, 2.45) is 5.92 Å². The topological polar surface area (TPSA) is 35.5 Å². The Labute approximate surface area is 96.6 Å². The Hall–Kier alpha value is -0.790. The van der Waals surface area contributed by atoms with Gasteiger partial charge in [0.2, 0.25) is 8.03 Å². The molecule has 1 aliphatic carbocycles. The van der Waals surface area contributed by atoms with Crippen LogP contribution in [0.2, 0.25) is 0 Å². The number of hydrogen-bond acceptors (Lipinski definition) is 3. The van der Waals surface area contributed by atoms with Gasteiger partial charge in [-0.25, -0.2) is 0 Å². The number of ether oxygens (including phenoxy) is 1. The summed E-state index contributed by atoms with van der Waals surface area (Å²) in [6.07, 6.45) is 2.15. The number of para-hydroxylation sites is 1. The predicted molar refractivity (Wildman–Crippen MR) is 64.2 cm³/mol. The van der Waals surface area contributed by atoms with Crippen molar-refractivity contribution in [2.45, 2.75) is 25.1 Å². The molecule has 0 saturated heterocycles. The highest BCUT2D eigenvalue weighted by Crippen LogP contribution is 2.54. The molecule has 1 aliphatic rings. The quantitative estimate of drug-likeness (QED) is 0.741. The summed E-state index contributed by atoms with van der Waals surface area (Å²) in [5, 5.41) is -0.652. The lowest BCUT2D eigenvalue weighted by Gasteiger charge is -2.29. The van der Waals surface area contributed by atoms with Gasteiger partial charge in [0.1, 0.15) is 5.75 Å². The molecule has 16 heavy (non-hydrogen) atoms. The summed E-state index contributed by atoms with van der Waals surface area (Å²) in [6.45, 7) is 1.89. The molecule has 0 radical (unpaired) electrons. The SMILES string of the molecule is CO[PH](=O)C(C)(Oc1ccccc1)C1CC1. The molecule has 2 rings (SSSR count). The second-order valence-electron chi connectivity index (χ2n) is 4.29. The fourth-order valence-corrected chi connectivity index (χ4v) is 3.09. The fraction of sp³-hybridized carbons (Fsp3) is 0.500. The molecule has 3 nitrogen and oxygen atoms in total. The molecule has 0 aliphatic heterocycles. The summed E-state index contributed by atoms with van der Waals surface area (Å²) >= 11 is 0. The molecule has 1 saturated carbocycles. The Morgan fingerprint density at radius 3 is 2.44 bits per heavy atom. The zero-order valence-electron chi connectivity index (χ0n) is 9.60. The summed E-state index contributed by atoms with van der Waals surface area (Å²) in [6, 6.07) is 9.51. The van der Waals surface area contributed by atoms with E-state index in [0.717, 1.165) is 18.6 Å². The average molecular weight is 240 g/mol. The summed E-state index contributed by atoms with van der Waals surface area (Å²) in [5.41, 5.74) is 0. The minimum absolute atomic E-state index is 0.360. The minimum atomic E-state index is -2.17. The molecule has 4 heteroatoms. The third-order valence-corrected chi connectivity index (χ3v) is 4.71. The Bertz CT molecular complexity index is 375. The highest BCUT2D eigenvalue weighted by atomic mass is 31.1. The molecule has 1 aromatic carbocycles. The molecule has 2 atom stereocenters. The first-order valence-corrected chi connectivity index (χ1v) is 6.81. The normalized spacial score (nSPS) is 21.1. The molecule has 0 spiro atoms. The van der Waals surface area contributed by atoms with Crippen LogP contribution in [0.3, 0.4) is 0 Å². The maximum Gasteiger partial charge on any atom is 0.233 e. The van der Waals surface area contributed by atoms with Crippen LogP contribution in [0.5, 0.6) is 5.75 Å². The van der Waals surface area contributed by atoms with E-state index in [9.17, 15) is 4.57 Å². The van der Waals surface area contributed by atoms with Crippen LogP contribution < -0.4 is 4.74 Å². The second-order valence-corrected chi connectivity index (χ2v) is 6.26. The van der Waals surface area contributed by atoms with Gasteiger partial charge in [-0.05, 0) is 31.9 Å². The Balaban J connectivity index is 2.17. The molecule has 0 amide bonds. The summed E-state index contributed by atoms with van der Waals surface area (Å²) < 4.78 is 22.9. The molecule has 0 bridgehead atoms. The lowest BCUT2D eigenvalue weighted by Crippen LogP contribution is -2.31. The van der Waals surface area contributed by atoms with Crippen LogP contribution in [0, 0.1) is 5.92 Å². The Kier molecular flexibility index (Phi) is 3.36. The summed E-state index contributed by atoms with van der Waals surface area (Å²) in [4.78, 5) is 0. The van der Waals surface area contributed by atoms with E-state index in [-0.39, 0.29) is 0 Å². The van der Waals surface area contributed by atoms with Crippen LogP contribution in [0.15, 0.2) is 30.3 Å². The lowest BCUT2D eigenvalue weighted by molar-refractivity contribution is 0.135. The van der Waals surface area contributed by atoms with Gasteiger partial charge in [0, 0.05) is 13.0 Å². The van der Waals surface area contributed by atoms with E-state index in [1.165, 1.54) is 7.11 Å². The molecule has 0 heterocycles. The van der Waals surface area contributed by atoms with E-state index in [4.69, 9.17) is 9.26 Å². The molecule has 1 aromatic rings. The van der Waals surface area contributed by atoms with Gasteiger partial charge in [0.25, 0.3) is 0 Å². The van der Waals surface area contributed by atoms with E-state index >= 15 is 0 Å². The van der Waals surface area contributed by atoms with Crippen molar-refractivity contribution in [3.05, 3.63) is 30.3 Å². The predicted octanol–water partition coefficient (Wildman–Crippen LogP) is 3.31. The largest absolute Gasteiger partial charge is 0.477 e. The number of benzene rings is 1. The highest BCUT2D eigenvalue weighted by molar-refractivity contribution is 7.40. The molecule has 0 N–H and O–H groups in total. The minimum Gasteiger partial charge on any atom is -0.477 e. The first-order valence-electron chi connectivity index (χ1n) is 5.49. The monoisotopic (exact) mass is 240 g/mol. The van der Waals surface area contributed by atoms with Crippen molar-refractivity contribution in [3.63, 3.8) is 0 Å². The van der Waals surface area contributed by atoms with Crippen LogP contribution >= 0.6 is 8.03 Å². The maximum absolute atomic E-state index is 12.0. The van der Waals surface area contributed by atoms with Gasteiger partial charge in [0.15, 0.2) is 5.34 Å². The molecule has 1 fully saturated rings. The van der Waals surface area contributed by atoms with E-state index in [1.54, 1.807) is 0 Å². The number of hydrogen-bond donors (Lipinski definition) is 0. The first-order chi connectivity index (χ1) is 7.66.